The van der Waals surface area contributed by atoms with Crippen LogP contribution in [0.25, 0.3) is 0 Å². The molecule has 1 saturated carbocycles. The molecule has 0 aromatic heterocycles. The fraction of sp³-hybridized carbons (Fsp3) is 0.632. The molecule has 0 spiro atoms. The third-order valence-corrected chi connectivity index (χ3v) is 5.65. The van der Waals surface area contributed by atoms with Crippen LogP contribution in [0.5, 0.6) is 0 Å². The quantitative estimate of drug-likeness (QED) is 0.849. The van der Waals surface area contributed by atoms with Crippen LogP contribution >= 0.6 is 0 Å². The van der Waals surface area contributed by atoms with Gasteiger partial charge in [-0.05, 0) is 38.0 Å². The van der Waals surface area contributed by atoms with Gasteiger partial charge in [-0.25, -0.2) is 0 Å². The van der Waals surface area contributed by atoms with E-state index in [1.54, 1.807) is 6.07 Å². The van der Waals surface area contributed by atoms with Crippen LogP contribution in [0.1, 0.15) is 38.2 Å². The van der Waals surface area contributed by atoms with E-state index in [1.807, 2.05) is 11.8 Å². The molecule has 3 rings (SSSR count). The molecule has 2 N–H and O–H groups in total. The molecule has 1 aliphatic heterocycles. The highest BCUT2D eigenvalue weighted by atomic mass is 19.4. The van der Waals surface area contributed by atoms with Crippen molar-refractivity contribution in [3.63, 3.8) is 0 Å². The van der Waals surface area contributed by atoms with Crippen molar-refractivity contribution in [1.29, 1.82) is 0 Å². The van der Waals surface area contributed by atoms with Gasteiger partial charge < -0.3 is 15.1 Å². The maximum Gasteiger partial charge on any atom is 0.416 e. The molecule has 0 unspecified atom stereocenters. The normalized spacial score (nSPS) is 21.0. The van der Waals surface area contributed by atoms with Gasteiger partial charge in [-0.15, -0.1) is 0 Å². The minimum atomic E-state index is -4.32. The number of nitrogens with one attached hydrogen (secondary N) is 2. The zero-order chi connectivity index (χ0) is 18.7. The van der Waals surface area contributed by atoms with Crippen molar-refractivity contribution < 1.29 is 22.9 Å². The van der Waals surface area contributed by atoms with Crippen molar-refractivity contribution >= 4 is 11.6 Å². The molecule has 2 fully saturated rings. The van der Waals surface area contributed by atoms with E-state index in [-0.39, 0.29) is 11.9 Å². The van der Waals surface area contributed by atoms with Crippen LogP contribution in [-0.2, 0) is 11.0 Å². The molecule has 7 heteroatoms. The molecule has 1 heterocycles. The molecule has 1 amide bonds. The minimum absolute atomic E-state index is 0.0967. The van der Waals surface area contributed by atoms with Crippen LogP contribution < -0.4 is 15.1 Å². The van der Waals surface area contributed by atoms with Gasteiger partial charge in [0.1, 0.15) is 0 Å². The lowest BCUT2D eigenvalue weighted by Crippen LogP contribution is -3.19. The summed E-state index contributed by atoms with van der Waals surface area (Å²) in [6.45, 7) is 4.74. The summed E-state index contributed by atoms with van der Waals surface area (Å²) in [4.78, 5) is 15.6. The van der Waals surface area contributed by atoms with Crippen LogP contribution in [0.2, 0.25) is 0 Å². The summed E-state index contributed by atoms with van der Waals surface area (Å²) < 4.78 is 38.7. The molecule has 1 aliphatic carbocycles. The standard InChI is InChI=1S/C19H26F3N3O/c1-14(18(26)23-16-6-2-3-7-16)24-9-11-25(12-10-24)17-8-4-5-15(13-17)19(20,21)22/h4-5,8,13-14,16H,2-3,6-7,9-12H2,1H3,(H,23,26)/p+1/t14-/m1/s1. The number of nitrogens with zero attached hydrogens (tertiary/aromatic N) is 1. The van der Waals surface area contributed by atoms with E-state index in [1.165, 1.54) is 29.9 Å². The van der Waals surface area contributed by atoms with Gasteiger partial charge in [0.15, 0.2) is 6.04 Å². The summed E-state index contributed by atoms with van der Waals surface area (Å²) in [7, 11) is 0. The number of carbonyl (C=O) groups is 1. The second-order valence-electron chi connectivity index (χ2n) is 7.41. The average Bonchev–Trinajstić information content (AvgIpc) is 3.13. The lowest BCUT2D eigenvalue weighted by atomic mass is 10.1. The first-order chi connectivity index (χ1) is 12.3. The van der Waals surface area contributed by atoms with Crippen molar-refractivity contribution in [2.75, 3.05) is 31.1 Å². The highest BCUT2D eigenvalue weighted by Crippen LogP contribution is 2.31. The number of halogens is 3. The van der Waals surface area contributed by atoms with Crippen LogP contribution in [0, 0.1) is 0 Å². The Hall–Kier alpha value is -1.76. The molecule has 0 bridgehead atoms. The van der Waals surface area contributed by atoms with E-state index in [2.05, 4.69) is 5.32 Å². The number of hydrogen-bond acceptors (Lipinski definition) is 2. The van der Waals surface area contributed by atoms with Gasteiger partial charge in [-0.1, -0.05) is 18.9 Å². The summed E-state index contributed by atoms with van der Waals surface area (Å²) in [6, 6.07) is 5.67. The monoisotopic (exact) mass is 370 g/mol. The van der Waals surface area contributed by atoms with E-state index in [0.29, 0.717) is 24.8 Å². The van der Waals surface area contributed by atoms with Crippen LogP contribution in [0.15, 0.2) is 24.3 Å². The number of alkyl halides is 3. The number of amides is 1. The lowest BCUT2D eigenvalue weighted by molar-refractivity contribution is -0.914. The second kappa shape index (κ2) is 7.86. The lowest BCUT2D eigenvalue weighted by Gasteiger charge is -2.36. The third kappa shape index (κ3) is 4.50. The number of quaternary nitrogens is 1. The van der Waals surface area contributed by atoms with Crippen LogP contribution in [0.4, 0.5) is 18.9 Å². The molecule has 26 heavy (non-hydrogen) atoms. The maximum atomic E-state index is 12.9. The third-order valence-electron chi connectivity index (χ3n) is 5.65. The number of hydrogen-bond donors (Lipinski definition) is 2. The van der Waals surface area contributed by atoms with Gasteiger partial charge >= 0.3 is 6.18 Å². The number of rotatable bonds is 4. The Balaban J connectivity index is 1.54. The van der Waals surface area contributed by atoms with Crippen molar-refractivity contribution in [2.24, 2.45) is 0 Å². The fourth-order valence-electron chi connectivity index (χ4n) is 3.95. The molecule has 144 valence electrons. The molecule has 0 radical (unpaired) electrons. The SMILES string of the molecule is C[C@H](C(=O)NC1CCCC1)[NH+]1CCN(c2cccc(C(F)(F)F)c2)CC1. The zero-order valence-electron chi connectivity index (χ0n) is 15.1. The summed E-state index contributed by atoms with van der Waals surface area (Å²) in [6.07, 6.45) is 0.174. The summed E-state index contributed by atoms with van der Waals surface area (Å²) >= 11 is 0. The first kappa shape index (κ1) is 19.0. The number of carbonyl (C=O) groups excluding carboxylic acids is 1. The van der Waals surface area contributed by atoms with Crippen LogP contribution in [0.3, 0.4) is 0 Å². The Morgan fingerprint density at radius 1 is 1.23 bits per heavy atom. The van der Waals surface area contributed by atoms with Gasteiger partial charge in [-0.2, -0.15) is 13.2 Å². The molecular weight excluding hydrogens is 343 g/mol. The maximum absolute atomic E-state index is 12.9. The summed E-state index contributed by atoms with van der Waals surface area (Å²) in [5.41, 5.74) is -0.0176. The molecule has 1 aromatic carbocycles. The predicted octanol–water partition coefficient (Wildman–Crippen LogP) is 1.86. The molecule has 4 nitrogen and oxygen atoms in total. The molecule has 1 atom stereocenters. The first-order valence-corrected chi connectivity index (χ1v) is 9.42. The number of anilines is 1. The van der Waals surface area contributed by atoms with Gasteiger partial charge in [0.25, 0.3) is 5.91 Å². The number of piperazine rings is 1. The van der Waals surface area contributed by atoms with E-state index in [0.717, 1.165) is 32.0 Å². The van der Waals surface area contributed by atoms with Crippen LogP contribution in [-0.4, -0.2) is 44.2 Å². The Kier molecular flexibility index (Phi) is 5.75. The molecule has 1 saturated heterocycles. The topological polar surface area (TPSA) is 36.8 Å². The summed E-state index contributed by atoms with van der Waals surface area (Å²) in [5, 5.41) is 3.14. The van der Waals surface area contributed by atoms with Crippen molar-refractivity contribution in [2.45, 2.75) is 50.9 Å². The Morgan fingerprint density at radius 2 is 1.88 bits per heavy atom. The fourth-order valence-corrected chi connectivity index (χ4v) is 3.95. The highest BCUT2D eigenvalue weighted by molar-refractivity contribution is 5.80. The Morgan fingerprint density at radius 3 is 2.50 bits per heavy atom. The minimum Gasteiger partial charge on any atom is -0.360 e. The van der Waals surface area contributed by atoms with Crippen molar-refractivity contribution in [1.82, 2.24) is 5.32 Å². The average molecular weight is 370 g/mol. The van der Waals surface area contributed by atoms with Gasteiger partial charge in [-0.3, -0.25) is 4.79 Å². The number of benzene rings is 1. The van der Waals surface area contributed by atoms with Gasteiger partial charge in [0.2, 0.25) is 0 Å². The highest BCUT2D eigenvalue weighted by Gasteiger charge is 2.33. The summed E-state index contributed by atoms with van der Waals surface area (Å²) in [5.74, 6) is 0.0967. The van der Waals surface area contributed by atoms with E-state index >= 15 is 0 Å². The Bertz CT molecular complexity index is 621. The molecule has 2 aliphatic rings. The largest absolute Gasteiger partial charge is 0.416 e. The van der Waals surface area contributed by atoms with E-state index in [4.69, 9.17) is 0 Å². The van der Waals surface area contributed by atoms with E-state index < -0.39 is 11.7 Å². The molecular formula is C19H27F3N3O+. The first-order valence-electron chi connectivity index (χ1n) is 9.42. The zero-order valence-corrected chi connectivity index (χ0v) is 15.1. The van der Waals surface area contributed by atoms with Gasteiger partial charge in [0.05, 0.1) is 31.7 Å². The predicted molar refractivity (Wildman–Crippen MR) is 94.2 cm³/mol. The smallest absolute Gasteiger partial charge is 0.360 e. The Labute approximate surface area is 152 Å². The van der Waals surface area contributed by atoms with Crippen molar-refractivity contribution in [3.8, 4) is 0 Å². The molecule has 1 aromatic rings. The second-order valence-corrected chi connectivity index (χ2v) is 7.41. The van der Waals surface area contributed by atoms with Crippen molar-refractivity contribution in [3.05, 3.63) is 29.8 Å². The van der Waals surface area contributed by atoms with Gasteiger partial charge in [0, 0.05) is 11.7 Å². The van der Waals surface area contributed by atoms with E-state index in [9.17, 15) is 18.0 Å².